The molecule has 118 valence electrons. The molecule has 0 saturated heterocycles. The predicted octanol–water partition coefficient (Wildman–Crippen LogP) is 2.04. The molecular formula is C13H20ClN3O3S. The number of amides is 1. The first-order chi connectivity index (χ1) is 9.67. The van der Waals surface area contributed by atoms with Crippen LogP contribution < -0.4 is 15.4 Å². The second kappa shape index (κ2) is 7.63. The standard InChI is InChI=1S/C13H20ClN3O3S/c1-9(2)15-7-6-13(18)16-12-8-10(4-5-11(12)14)17-21(3,19)20/h4-5,8-9,15,17H,6-7H2,1-3H3,(H,16,18). The van der Waals surface area contributed by atoms with Crippen LogP contribution in [0.1, 0.15) is 20.3 Å². The zero-order valence-corrected chi connectivity index (χ0v) is 13.8. The van der Waals surface area contributed by atoms with Crippen LogP contribution in [0.3, 0.4) is 0 Å². The van der Waals surface area contributed by atoms with Crippen molar-refractivity contribution < 1.29 is 13.2 Å². The quantitative estimate of drug-likeness (QED) is 0.712. The van der Waals surface area contributed by atoms with Gasteiger partial charge in [-0.2, -0.15) is 0 Å². The first kappa shape index (κ1) is 17.7. The highest BCUT2D eigenvalue weighted by atomic mass is 35.5. The zero-order valence-electron chi connectivity index (χ0n) is 12.2. The van der Waals surface area contributed by atoms with Crippen molar-refractivity contribution in [3.05, 3.63) is 23.2 Å². The summed E-state index contributed by atoms with van der Waals surface area (Å²) in [5.41, 5.74) is 0.720. The van der Waals surface area contributed by atoms with Gasteiger partial charge in [0.05, 0.1) is 22.7 Å². The fraction of sp³-hybridized carbons (Fsp3) is 0.462. The summed E-state index contributed by atoms with van der Waals surface area (Å²) >= 11 is 5.99. The first-order valence-corrected chi connectivity index (χ1v) is 8.75. The molecule has 1 rings (SSSR count). The van der Waals surface area contributed by atoms with E-state index in [-0.39, 0.29) is 5.91 Å². The van der Waals surface area contributed by atoms with Gasteiger partial charge in [0, 0.05) is 19.0 Å². The summed E-state index contributed by atoms with van der Waals surface area (Å²) in [6, 6.07) is 4.84. The molecule has 0 spiro atoms. The lowest BCUT2D eigenvalue weighted by Crippen LogP contribution is -2.27. The number of halogens is 1. The Labute approximate surface area is 130 Å². The van der Waals surface area contributed by atoms with Gasteiger partial charge in [-0.25, -0.2) is 8.42 Å². The molecule has 0 aliphatic heterocycles. The van der Waals surface area contributed by atoms with Gasteiger partial charge in [0.2, 0.25) is 15.9 Å². The van der Waals surface area contributed by atoms with Gasteiger partial charge in [-0.3, -0.25) is 9.52 Å². The minimum Gasteiger partial charge on any atom is -0.325 e. The normalized spacial score (nSPS) is 11.5. The van der Waals surface area contributed by atoms with E-state index >= 15 is 0 Å². The van der Waals surface area contributed by atoms with Crippen molar-refractivity contribution in [3.8, 4) is 0 Å². The van der Waals surface area contributed by atoms with Crippen molar-refractivity contribution in [3.63, 3.8) is 0 Å². The molecule has 0 heterocycles. The van der Waals surface area contributed by atoms with E-state index in [1.807, 2.05) is 13.8 Å². The van der Waals surface area contributed by atoms with Crippen molar-refractivity contribution >= 4 is 38.9 Å². The lowest BCUT2D eigenvalue weighted by molar-refractivity contribution is -0.116. The van der Waals surface area contributed by atoms with Gasteiger partial charge < -0.3 is 10.6 Å². The largest absolute Gasteiger partial charge is 0.325 e. The number of anilines is 2. The molecule has 0 bridgehead atoms. The number of carbonyl (C=O) groups excluding carboxylic acids is 1. The monoisotopic (exact) mass is 333 g/mol. The Balaban J connectivity index is 2.69. The molecule has 0 saturated carbocycles. The fourth-order valence-corrected chi connectivity index (χ4v) is 2.31. The second-order valence-electron chi connectivity index (χ2n) is 4.98. The summed E-state index contributed by atoms with van der Waals surface area (Å²) in [7, 11) is -3.37. The topological polar surface area (TPSA) is 87.3 Å². The van der Waals surface area contributed by atoms with Crippen molar-refractivity contribution in [1.82, 2.24) is 5.32 Å². The van der Waals surface area contributed by atoms with Gasteiger partial charge in [-0.1, -0.05) is 25.4 Å². The van der Waals surface area contributed by atoms with Gasteiger partial charge in [0.1, 0.15) is 0 Å². The van der Waals surface area contributed by atoms with E-state index < -0.39 is 10.0 Å². The Kier molecular flexibility index (Phi) is 6.44. The lowest BCUT2D eigenvalue weighted by atomic mass is 10.2. The minimum absolute atomic E-state index is 0.193. The van der Waals surface area contributed by atoms with Gasteiger partial charge in [-0.05, 0) is 18.2 Å². The number of carbonyl (C=O) groups is 1. The summed E-state index contributed by atoms with van der Waals surface area (Å²) in [5, 5.41) is 6.14. The van der Waals surface area contributed by atoms with Crippen molar-refractivity contribution in [2.24, 2.45) is 0 Å². The second-order valence-corrected chi connectivity index (χ2v) is 7.13. The molecule has 0 fully saturated rings. The summed E-state index contributed by atoms with van der Waals surface area (Å²) in [5.74, 6) is -0.193. The van der Waals surface area contributed by atoms with Crippen molar-refractivity contribution in [2.75, 3.05) is 22.8 Å². The van der Waals surface area contributed by atoms with Crippen LogP contribution in [0.2, 0.25) is 5.02 Å². The molecule has 1 amide bonds. The molecule has 21 heavy (non-hydrogen) atoms. The Bertz CT molecular complexity index is 603. The summed E-state index contributed by atoms with van der Waals surface area (Å²) in [4.78, 5) is 11.8. The van der Waals surface area contributed by atoms with Crippen LogP contribution in [0.4, 0.5) is 11.4 Å². The Morgan fingerprint density at radius 1 is 1.33 bits per heavy atom. The molecule has 1 aromatic carbocycles. The molecular weight excluding hydrogens is 314 g/mol. The van der Waals surface area contributed by atoms with Crippen molar-refractivity contribution in [2.45, 2.75) is 26.3 Å². The molecule has 6 nitrogen and oxygen atoms in total. The molecule has 8 heteroatoms. The number of sulfonamides is 1. The highest BCUT2D eigenvalue weighted by Gasteiger charge is 2.09. The van der Waals surface area contributed by atoms with E-state index in [2.05, 4.69) is 15.4 Å². The molecule has 0 aliphatic rings. The maximum atomic E-state index is 11.8. The van der Waals surface area contributed by atoms with Crippen LogP contribution in [-0.2, 0) is 14.8 Å². The Morgan fingerprint density at radius 2 is 2.00 bits per heavy atom. The van der Waals surface area contributed by atoms with E-state index in [9.17, 15) is 13.2 Å². The average molecular weight is 334 g/mol. The van der Waals surface area contributed by atoms with Gasteiger partial charge in [-0.15, -0.1) is 0 Å². The van der Waals surface area contributed by atoms with E-state index in [1.54, 1.807) is 0 Å². The predicted molar refractivity (Wildman–Crippen MR) is 86.3 cm³/mol. The molecule has 0 aromatic heterocycles. The summed E-state index contributed by atoms with van der Waals surface area (Å²) in [6.45, 7) is 4.55. The van der Waals surface area contributed by atoms with Gasteiger partial charge in [0.15, 0.2) is 0 Å². The molecule has 1 aromatic rings. The van der Waals surface area contributed by atoms with Crippen LogP contribution in [-0.4, -0.2) is 33.2 Å². The Hall–Kier alpha value is -1.31. The maximum absolute atomic E-state index is 11.8. The fourth-order valence-electron chi connectivity index (χ4n) is 1.59. The van der Waals surface area contributed by atoms with E-state index in [4.69, 9.17) is 11.6 Å². The van der Waals surface area contributed by atoms with Crippen LogP contribution in [0.25, 0.3) is 0 Å². The molecule has 0 unspecified atom stereocenters. The lowest BCUT2D eigenvalue weighted by Gasteiger charge is -2.11. The van der Waals surface area contributed by atoms with Crippen molar-refractivity contribution in [1.29, 1.82) is 0 Å². The first-order valence-electron chi connectivity index (χ1n) is 6.48. The third-order valence-electron chi connectivity index (χ3n) is 2.45. The Morgan fingerprint density at radius 3 is 2.57 bits per heavy atom. The maximum Gasteiger partial charge on any atom is 0.229 e. The van der Waals surface area contributed by atoms with E-state index in [0.29, 0.717) is 35.4 Å². The summed E-state index contributed by atoms with van der Waals surface area (Å²) < 4.78 is 24.7. The highest BCUT2D eigenvalue weighted by molar-refractivity contribution is 7.92. The number of benzene rings is 1. The molecule has 0 radical (unpaired) electrons. The number of hydrogen-bond donors (Lipinski definition) is 3. The van der Waals surface area contributed by atoms with Crippen LogP contribution in [0, 0.1) is 0 Å². The zero-order chi connectivity index (χ0) is 16.0. The van der Waals surface area contributed by atoms with Crippen LogP contribution in [0.5, 0.6) is 0 Å². The SMILES string of the molecule is CC(C)NCCC(=O)Nc1cc(NS(C)(=O)=O)ccc1Cl. The third-order valence-corrected chi connectivity index (χ3v) is 3.38. The highest BCUT2D eigenvalue weighted by Crippen LogP contribution is 2.26. The number of hydrogen-bond acceptors (Lipinski definition) is 4. The average Bonchev–Trinajstić information content (AvgIpc) is 2.31. The summed E-state index contributed by atoms with van der Waals surface area (Å²) in [6.07, 6.45) is 1.36. The van der Waals surface area contributed by atoms with E-state index in [1.165, 1.54) is 18.2 Å². The number of nitrogens with one attached hydrogen (secondary N) is 3. The van der Waals surface area contributed by atoms with Crippen LogP contribution >= 0.6 is 11.6 Å². The molecule has 0 aliphatic carbocycles. The molecule has 0 atom stereocenters. The van der Waals surface area contributed by atoms with Crippen LogP contribution in [0.15, 0.2) is 18.2 Å². The number of rotatable bonds is 7. The van der Waals surface area contributed by atoms with Gasteiger partial charge >= 0.3 is 0 Å². The molecule has 3 N–H and O–H groups in total. The van der Waals surface area contributed by atoms with E-state index in [0.717, 1.165) is 6.26 Å². The van der Waals surface area contributed by atoms with Gasteiger partial charge in [0.25, 0.3) is 0 Å². The smallest absolute Gasteiger partial charge is 0.229 e. The minimum atomic E-state index is -3.37. The third kappa shape index (κ3) is 7.31.